The molecule has 4 heteroatoms. The molecule has 0 spiro atoms. The maximum atomic E-state index is 10.4. The summed E-state index contributed by atoms with van der Waals surface area (Å²) >= 11 is 0. The van der Waals surface area contributed by atoms with Crippen molar-refractivity contribution in [1.29, 1.82) is 0 Å². The fraction of sp³-hybridized carbons (Fsp3) is 0.714. The van der Waals surface area contributed by atoms with Crippen LogP contribution in [0, 0.1) is 5.92 Å². The van der Waals surface area contributed by atoms with Crippen LogP contribution in [0.25, 0.3) is 0 Å². The van der Waals surface area contributed by atoms with E-state index in [2.05, 4.69) is 5.32 Å². The molecule has 2 N–H and O–H groups in total. The van der Waals surface area contributed by atoms with Crippen molar-refractivity contribution >= 4 is 12.4 Å². The second-order valence-electron chi connectivity index (χ2n) is 2.85. The summed E-state index contributed by atoms with van der Waals surface area (Å²) in [4.78, 5) is 20.4. The predicted octanol–water partition coefficient (Wildman–Crippen LogP) is -0.0143. The van der Waals surface area contributed by atoms with Crippen LogP contribution in [0.4, 0.5) is 0 Å². The Morgan fingerprint density at radius 2 is 2.36 bits per heavy atom. The highest BCUT2D eigenvalue weighted by atomic mass is 16.4. The minimum Gasteiger partial charge on any atom is -0.480 e. The lowest BCUT2D eigenvalue weighted by Crippen LogP contribution is -2.36. The van der Waals surface area contributed by atoms with Gasteiger partial charge >= 0.3 is 5.97 Å². The molecule has 0 radical (unpaired) electrons. The number of carboxylic acid groups (broad SMARTS) is 1. The summed E-state index contributed by atoms with van der Waals surface area (Å²) in [7, 11) is 0. The van der Waals surface area contributed by atoms with Crippen molar-refractivity contribution in [1.82, 2.24) is 5.32 Å². The lowest BCUT2D eigenvalue weighted by molar-refractivity contribution is -0.140. The average Bonchev–Trinajstić information content (AvgIpc) is 2.70. The normalized spacial score (nSPS) is 18.9. The molecule has 0 saturated heterocycles. The second kappa shape index (κ2) is 3.37. The highest BCUT2D eigenvalue weighted by Crippen LogP contribution is 2.33. The van der Waals surface area contributed by atoms with Gasteiger partial charge in [-0.3, -0.25) is 4.79 Å². The molecule has 4 nitrogen and oxygen atoms in total. The molecule has 0 aromatic rings. The van der Waals surface area contributed by atoms with Crippen molar-refractivity contribution in [3.05, 3.63) is 0 Å². The van der Waals surface area contributed by atoms with E-state index in [4.69, 9.17) is 5.11 Å². The van der Waals surface area contributed by atoms with Gasteiger partial charge in [-0.05, 0) is 12.3 Å². The summed E-state index contributed by atoms with van der Waals surface area (Å²) in [6.07, 6.45) is 3.23. The number of rotatable bonds is 5. The SMILES string of the molecule is O=CNC(CC1CC1)C(=O)O. The first-order chi connectivity index (χ1) is 5.24. The van der Waals surface area contributed by atoms with Crippen LogP contribution in [0.2, 0.25) is 0 Å². The van der Waals surface area contributed by atoms with Crippen molar-refractivity contribution < 1.29 is 14.7 Å². The molecule has 1 aliphatic carbocycles. The van der Waals surface area contributed by atoms with Gasteiger partial charge in [-0.2, -0.15) is 0 Å². The Hall–Kier alpha value is -1.06. The zero-order chi connectivity index (χ0) is 8.27. The Balaban J connectivity index is 2.30. The fourth-order valence-electron chi connectivity index (χ4n) is 1.01. The molecule has 62 valence electrons. The summed E-state index contributed by atoms with van der Waals surface area (Å²) < 4.78 is 0. The number of carboxylic acids is 1. The highest BCUT2D eigenvalue weighted by molar-refractivity contribution is 5.76. The van der Waals surface area contributed by atoms with Crippen LogP contribution >= 0.6 is 0 Å². The Kier molecular flexibility index (Phi) is 2.46. The Labute approximate surface area is 64.6 Å². The van der Waals surface area contributed by atoms with E-state index in [9.17, 15) is 9.59 Å². The zero-order valence-electron chi connectivity index (χ0n) is 6.12. The van der Waals surface area contributed by atoms with Crippen molar-refractivity contribution in [2.75, 3.05) is 0 Å². The smallest absolute Gasteiger partial charge is 0.326 e. The van der Waals surface area contributed by atoms with Crippen molar-refractivity contribution in [3.63, 3.8) is 0 Å². The van der Waals surface area contributed by atoms with Gasteiger partial charge in [0, 0.05) is 0 Å². The summed E-state index contributed by atoms with van der Waals surface area (Å²) in [5.41, 5.74) is 0. The summed E-state index contributed by atoms with van der Waals surface area (Å²) in [5, 5.41) is 10.8. The van der Waals surface area contributed by atoms with Crippen molar-refractivity contribution in [2.24, 2.45) is 5.92 Å². The molecule has 1 saturated carbocycles. The first-order valence-electron chi connectivity index (χ1n) is 3.66. The third kappa shape index (κ3) is 2.57. The molecule has 1 aliphatic rings. The van der Waals surface area contributed by atoms with Gasteiger partial charge in [0.25, 0.3) is 0 Å². The third-order valence-electron chi connectivity index (χ3n) is 1.83. The Morgan fingerprint density at radius 3 is 2.73 bits per heavy atom. The second-order valence-corrected chi connectivity index (χ2v) is 2.85. The third-order valence-corrected chi connectivity index (χ3v) is 1.83. The van der Waals surface area contributed by atoms with Crippen molar-refractivity contribution in [3.8, 4) is 0 Å². The molecule has 0 aromatic heterocycles. The zero-order valence-corrected chi connectivity index (χ0v) is 6.12. The van der Waals surface area contributed by atoms with Crippen LogP contribution in [0.5, 0.6) is 0 Å². The molecule has 0 aromatic carbocycles. The minimum atomic E-state index is -0.941. The molecule has 1 unspecified atom stereocenters. The Bertz CT molecular complexity index is 165. The van der Waals surface area contributed by atoms with Gasteiger partial charge in [-0.15, -0.1) is 0 Å². The van der Waals surface area contributed by atoms with Crippen LogP contribution in [-0.2, 0) is 9.59 Å². The number of aliphatic carboxylic acids is 1. The highest BCUT2D eigenvalue weighted by Gasteiger charge is 2.28. The number of amides is 1. The maximum Gasteiger partial charge on any atom is 0.326 e. The van der Waals surface area contributed by atoms with Crippen molar-refractivity contribution in [2.45, 2.75) is 25.3 Å². The monoisotopic (exact) mass is 157 g/mol. The number of hydrogen-bond acceptors (Lipinski definition) is 2. The van der Waals surface area contributed by atoms with E-state index in [1.807, 2.05) is 0 Å². The van der Waals surface area contributed by atoms with Crippen LogP contribution < -0.4 is 5.32 Å². The van der Waals surface area contributed by atoms with E-state index in [1.165, 1.54) is 0 Å². The largest absolute Gasteiger partial charge is 0.480 e. The Morgan fingerprint density at radius 1 is 1.73 bits per heavy atom. The summed E-state index contributed by atoms with van der Waals surface area (Å²) in [6.45, 7) is 0. The summed E-state index contributed by atoms with van der Waals surface area (Å²) in [6, 6.07) is -0.681. The van der Waals surface area contributed by atoms with Crippen LogP contribution in [0.1, 0.15) is 19.3 Å². The van der Waals surface area contributed by atoms with Gasteiger partial charge in [-0.1, -0.05) is 12.8 Å². The molecule has 1 rings (SSSR count). The van der Waals surface area contributed by atoms with E-state index < -0.39 is 12.0 Å². The number of hydrogen-bond donors (Lipinski definition) is 2. The standard InChI is InChI=1S/C7H11NO3/c9-4-8-6(7(10)11)3-5-1-2-5/h4-6H,1-3H2,(H,8,9)(H,10,11). The fourth-order valence-corrected chi connectivity index (χ4v) is 1.01. The molecule has 0 bridgehead atoms. The quantitative estimate of drug-likeness (QED) is 0.551. The first-order valence-corrected chi connectivity index (χ1v) is 3.66. The van der Waals surface area contributed by atoms with Gasteiger partial charge in [-0.25, -0.2) is 4.79 Å². The lowest BCUT2D eigenvalue weighted by Gasteiger charge is -2.08. The van der Waals surface area contributed by atoms with Gasteiger partial charge < -0.3 is 10.4 Å². The average molecular weight is 157 g/mol. The van der Waals surface area contributed by atoms with E-state index >= 15 is 0 Å². The van der Waals surface area contributed by atoms with Crippen LogP contribution in [0.3, 0.4) is 0 Å². The molecule has 0 heterocycles. The first kappa shape index (κ1) is 8.04. The summed E-state index contributed by atoms with van der Waals surface area (Å²) in [5.74, 6) is -0.424. The molecule has 0 aliphatic heterocycles. The number of nitrogens with one attached hydrogen (secondary N) is 1. The van der Waals surface area contributed by atoms with E-state index in [-0.39, 0.29) is 0 Å². The molecule has 1 atom stereocenters. The topological polar surface area (TPSA) is 66.4 Å². The molecule has 1 amide bonds. The molecule has 1 fully saturated rings. The van der Waals surface area contributed by atoms with E-state index in [0.717, 1.165) is 12.8 Å². The predicted molar refractivity (Wildman–Crippen MR) is 38.0 cm³/mol. The van der Waals surface area contributed by atoms with Gasteiger partial charge in [0.2, 0.25) is 6.41 Å². The van der Waals surface area contributed by atoms with E-state index in [1.54, 1.807) is 0 Å². The van der Waals surface area contributed by atoms with Gasteiger partial charge in [0.15, 0.2) is 0 Å². The lowest BCUT2D eigenvalue weighted by atomic mass is 10.1. The van der Waals surface area contributed by atoms with Gasteiger partial charge in [0.1, 0.15) is 6.04 Å². The molecular weight excluding hydrogens is 146 g/mol. The maximum absolute atomic E-state index is 10.4. The van der Waals surface area contributed by atoms with Crippen LogP contribution in [-0.4, -0.2) is 23.5 Å². The van der Waals surface area contributed by atoms with Gasteiger partial charge in [0.05, 0.1) is 0 Å². The number of carbonyl (C=O) groups is 2. The number of carbonyl (C=O) groups excluding carboxylic acids is 1. The minimum absolute atomic E-state index is 0.446. The molecule has 11 heavy (non-hydrogen) atoms. The van der Waals surface area contributed by atoms with Crippen LogP contribution in [0.15, 0.2) is 0 Å². The molecular formula is C7H11NO3. The van der Waals surface area contributed by atoms with E-state index in [0.29, 0.717) is 18.7 Å².